The van der Waals surface area contributed by atoms with Gasteiger partial charge in [0, 0.05) is 60.6 Å². The van der Waals surface area contributed by atoms with Crippen molar-refractivity contribution in [1.82, 2.24) is 0 Å². The molecule has 6 heteroatoms. The molecule has 0 aliphatic carbocycles. The fourth-order valence-corrected chi connectivity index (χ4v) is 15.2. The Hall–Kier alpha value is -2.84. The topological polar surface area (TPSA) is 0 Å². The van der Waals surface area contributed by atoms with Gasteiger partial charge >= 0.3 is 0 Å². The second-order valence-electron chi connectivity index (χ2n) is 14.7. The van der Waals surface area contributed by atoms with Crippen molar-refractivity contribution in [2.24, 2.45) is 11.8 Å². The molecule has 0 fully saturated rings. The summed E-state index contributed by atoms with van der Waals surface area (Å²) in [6.45, 7) is 9.34. The van der Waals surface area contributed by atoms with E-state index in [-0.39, 0.29) is 0 Å². The van der Waals surface area contributed by atoms with E-state index >= 15 is 0 Å². The Morgan fingerprint density at radius 2 is 0.704 bits per heavy atom. The Balaban J connectivity index is 1.06. The summed E-state index contributed by atoms with van der Waals surface area (Å²) < 4.78 is 0. The molecule has 2 aromatic carbocycles. The molecule has 0 radical (unpaired) electrons. The van der Waals surface area contributed by atoms with E-state index in [1.165, 1.54) is 144 Å². The lowest BCUT2D eigenvalue weighted by Gasteiger charge is -2.12. The average Bonchev–Trinajstić information content (AvgIpc) is 4.06. The van der Waals surface area contributed by atoms with Gasteiger partial charge in [-0.1, -0.05) is 128 Å². The third kappa shape index (κ3) is 8.03. The van der Waals surface area contributed by atoms with Crippen LogP contribution >= 0.6 is 68.0 Å². The van der Waals surface area contributed by atoms with Crippen LogP contribution in [0.1, 0.15) is 88.8 Å². The van der Waals surface area contributed by atoms with Crippen LogP contribution in [0.5, 0.6) is 0 Å². The maximum absolute atomic E-state index is 2.40. The largest absolute Gasteiger partial charge is 0.139 e. The van der Waals surface area contributed by atoms with Crippen molar-refractivity contribution < 1.29 is 0 Å². The molecule has 0 saturated carbocycles. The van der Waals surface area contributed by atoms with E-state index in [1.807, 2.05) is 68.0 Å². The lowest BCUT2D eigenvalue weighted by molar-refractivity contribution is 0.452. The molecule has 278 valence electrons. The number of thiophene rings is 6. The number of hydrogen-bond donors (Lipinski definition) is 0. The van der Waals surface area contributed by atoms with Crippen LogP contribution in [0.2, 0.25) is 0 Å². The van der Waals surface area contributed by atoms with Gasteiger partial charge in [-0.3, -0.25) is 0 Å². The Bertz CT molecular complexity index is 2260. The van der Waals surface area contributed by atoms with Crippen LogP contribution in [-0.2, 0) is 12.8 Å². The van der Waals surface area contributed by atoms with Crippen molar-refractivity contribution in [1.29, 1.82) is 0 Å². The number of unbranched alkanes of at least 4 members (excludes halogenated alkanes) is 2. The molecule has 0 bridgehead atoms. The van der Waals surface area contributed by atoms with E-state index in [1.54, 1.807) is 0 Å². The van der Waals surface area contributed by atoms with E-state index in [4.69, 9.17) is 0 Å². The highest BCUT2D eigenvalue weighted by Crippen LogP contribution is 2.51. The first-order chi connectivity index (χ1) is 26.6. The van der Waals surface area contributed by atoms with Gasteiger partial charge in [-0.2, -0.15) is 0 Å². The van der Waals surface area contributed by atoms with E-state index in [0.29, 0.717) is 0 Å². The lowest BCUT2D eigenvalue weighted by Crippen LogP contribution is -2.01. The molecule has 0 saturated heterocycles. The van der Waals surface area contributed by atoms with Crippen molar-refractivity contribution in [3.63, 3.8) is 0 Å². The van der Waals surface area contributed by atoms with Crippen molar-refractivity contribution in [2.75, 3.05) is 0 Å². The maximum Gasteiger partial charge on any atom is 0.0528 e. The second kappa shape index (κ2) is 17.5. The average molecular weight is 819 g/mol. The molecular formula is C48H50S6. The summed E-state index contributed by atoms with van der Waals surface area (Å²) in [5, 5.41) is 5.53. The highest BCUT2D eigenvalue weighted by atomic mass is 32.1. The van der Waals surface area contributed by atoms with Crippen LogP contribution in [0.3, 0.4) is 0 Å². The normalized spacial score (nSPS) is 13.0. The van der Waals surface area contributed by atoms with Gasteiger partial charge in [-0.25, -0.2) is 0 Å². The van der Waals surface area contributed by atoms with E-state index in [9.17, 15) is 0 Å². The minimum atomic E-state index is 0.794. The lowest BCUT2D eigenvalue weighted by atomic mass is 9.95. The summed E-state index contributed by atoms with van der Waals surface area (Å²) in [5.41, 5.74) is 0. The minimum absolute atomic E-state index is 0.794. The van der Waals surface area contributed by atoms with E-state index in [0.717, 1.165) is 11.8 Å². The minimum Gasteiger partial charge on any atom is -0.139 e. The van der Waals surface area contributed by atoms with Crippen LogP contribution < -0.4 is 0 Å². The van der Waals surface area contributed by atoms with Gasteiger partial charge in [0.25, 0.3) is 0 Å². The zero-order valence-electron chi connectivity index (χ0n) is 31.9. The molecule has 2 unspecified atom stereocenters. The number of hydrogen-bond acceptors (Lipinski definition) is 6. The molecule has 0 aliphatic heterocycles. The Labute approximate surface area is 346 Å². The van der Waals surface area contributed by atoms with Gasteiger partial charge in [0.05, 0.1) is 19.5 Å². The first-order valence-electron chi connectivity index (χ1n) is 20.0. The number of rotatable bonds is 17. The SMILES string of the molecule is CCCCC(CC)Cc1ccc(-c2sc(-c3ccc(-c4ccc(-c5sc(-c6ccc(CC(CC)CCCC)s6)c6ccccc56)s4)s3)c3ccccc23)s1. The van der Waals surface area contributed by atoms with Crippen LogP contribution in [0.15, 0.2) is 97.1 Å². The molecular weight excluding hydrogens is 769 g/mol. The summed E-state index contributed by atoms with van der Waals surface area (Å²) >= 11 is 11.9. The molecule has 8 rings (SSSR count). The van der Waals surface area contributed by atoms with Crippen molar-refractivity contribution in [2.45, 2.75) is 91.9 Å². The molecule has 54 heavy (non-hydrogen) atoms. The van der Waals surface area contributed by atoms with Crippen LogP contribution in [0.4, 0.5) is 0 Å². The first-order valence-corrected chi connectivity index (χ1v) is 24.9. The summed E-state index contributed by atoms with van der Waals surface area (Å²) in [6, 6.07) is 37.1. The Morgan fingerprint density at radius 1 is 0.370 bits per heavy atom. The second-order valence-corrected chi connectivity index (χ2v) is 21.3. The zero-order valence-corrected chi connectivity index (χ0v) is 36.8. The van der Waals surface area contributed by atoms with Gasteiger partial charge in [-0.05, 0) is 73.2 Å². The molecule has 0 nitrogen and oxygen atoms in total. The summed E-state index contributed by atoms with van der Waals surface area (Å²) in [7, 11) is 0. The van der Waals surface area contributed by atoms with E-state index in [2.05, 4.69) is 125 Å². The molecule has 6 heterocycles. The third-order valence-electron chi connectivity index (χ3n) is 11.0. The third-order valence-corrected chi connectivity index (χ3v) is 18.7. The predicted octanol–water partition coefficient (Wildman–Crippen LogP) is 18.2. The Kier molecular flexibility index (Phi) is 12.4. The fourth-order valence-electron chi connectivity index (χ4n) is 7.77. The molecule has 6 aromatic heterocycles. The number of fused-ring (bicyclic) bond motifs is 2. The van der Waals surface area contributed by atoms with Gasteiger partial charge in [-0.15, -0.1) is 68.0 Å². The smallest absolute Gasteiger partial charge is 0.0528 e. The highest BCUT2D eigenvalue weighted by molar-refractivity contribution is 7.31. The summed E-state index contributed by atoms with van der Waals surface area (Å²) in [4.78, 5) is 17.0. The first kappa shape index (κ1) is 38.1. The van der Waals surface area contributed by atoms with Crippen molar-refractivity contribution in [3.05, 3.63) is 107 Å². The molecule has 0 spiro atoms. The zero-order chi connectivity index (χ0) is 37.0. The predicted molar refractivity (Wildman–Crippen MR) is 250 cm³/mol. The van der Waals surface area contributed by atoms with Gasteiger partial charge in [0.2, 0.25) is 0 Å². The van der Waals surface area contributed by atoms with Gasteiger partial charge < -0.3 is 0 Å². The quantitative estimate of drug-likeness (QED) is 0.0859. The van der Waals surface area contributed by atoms with Gasteiger partial charge in [0.15, 0.2) is 0 Å². The highest BCUT2D eigenvalue weighted by Gasteiger charge is 2.21. The molecule has 0 amide bonds. The summed E-state index contributed by atoms with van der Waals surface area (Å²) in [5.74, 6) is 1.59. The molecule has 8 aromatic rings. The Morgan fingerprint density at radius 3 is 1.06 bits per heavy atom. The standard InChI is InChI=1S/C48H50S6/c1-5-9-15-31(7-3)29-33-21-23-41(49-33)45-35-17-11-13-19-37(35)47(53-45)43-27-25-39(51-43)40-26-28-44(52-40)48-38-20-14-12-18-36(38)46(54-48)42-24-22-34(50-42)30-32(8-4)16-10-6-2/h11-14,17-28,31-32H,5-10,15-16,29-30H2,1-4H3. The monoisotopic (exact) mass is 818 g/mol. The van der Waals surface area contributed by atoms with Crippen LogP contribution in [0, 0.1) is 11.8 Å². The fraction of sp³-hybridized carbons (Fsp3) is 0.333. The van der Waals surface area contributed by atoms with Crippen LogP contribution in [0.25, 0.3) is 70.3 Å². The molecule has 2 atom stereocenters. The van der Waals surface area contributed by atoms with Crippen LogP contribution in [-0.4, -0.2) is 0 Å². The number of benzene rings is 2. The summed E-state index contributed by atoms with van der Waals surface area (Å²) in [6.07, 6.45) is 12.9. The molecule has 0 aliphatic rings. The molecule has 0 N–H and O–H groups in total. The van der Waals surface area contributed by atoms with E-state index < -0.39 is 0 Å². The van der Waals surface area contributed by atoms with Crippen molar-refractivity contribution >= 4 is 89.6 Å². The maximum atomic E-state index is 2.40. The van der Waals surface area contributed by atoms with Crippen molar-refractivity contribution in [3.8, 4) is 48.8 Å². The van der Waals surface area contributed by atoms with Gasteiger partial charge in [0.1, 0.15) is 0 Å².